The van der Waals surface area contributed by atoms with Crippen molar-refractivity contribution in [3.05, 3.63) is 82.4 Å². The Labute approximate surface area is 199 Å². The van der Waals surface area contributed by atoms with E-state index in [9.17, 15) is 4.79 Å². The van der Waals surface area contributed by atoms with E-state index in [1.54, 1.807) is 14.2 Å². The monoisotopic (exact) mass is 458 g/mol. The van der Waals surface area contributed by atoms with Gasteiger partial charge in [0.05, 0.1) is 19.7 Å². The summed E-state index contributed by atoms with van der Waals surface area (Å²) in [5, 5.41) is 0. The van der Waals surface area contributed by atoms with Gasteiger partial charge in [-0.2, -0.15) is 0 Å². The molecule has 34 heavy (non-hydrogen) atoms. The van der Waals surface area contributed by atoms with E-state index < -0.39 is 0 Å². The summed E-state index contributed by atoms with van der Waals surface area (Å²) in [6.45, 7) is 1.28. The molecule has 4 aromatic rings. The number of fused-ring (bicyclic) bond motifs is 1. The molecule has 7 heteroatoms. The van der Waals surface area contributed by atoms with E-state index in [0.29, 0.717) is 13.1 Å². The number of H-pyrrole nitrogens is 1. The van der Waals surface area contributed by atoms with Gasteiger partial charge >= 0.3 is 5.69 Å². The van der Waals surface area contributed by atoms with Crippen LogP contribution in [0, 0.1) is 0 Å². The lowest BCUT2D eigenvalue weighted by Gasteiger charge is -2.25. The quantitative estimate of drug-likeness (QED) is 0.399. The van der Waals surface area contributed by atoms with E-state index in [4.69, 9.17) is 14.5 Å². The van der Waals surface area contributed by atoms with E-state index >= 15 is 0 Å². The fraction of sp³-hybridized carbons (Fsp3) is 0.333. The summed E-state index contributed by atoms with van der Waals surface area (Å²) in [6, 6.07) is 18.3. The molecule has 1 aliphatic carbocycles. The molecule has 1 N–H and O–H groups in total. The lowest BCUT2D eigenvalue weighted by atomic mass is 10.1. The molecule has 0 aliphatic heterocycles. The van der Waals surface area contributed by atoms with Crippen LogP contribution in [0.2, 0.25) is 0 Å². The number of hydrogen-bond donors (Lipinski definition) is 1. The van der Waals surface area contributed by atoms with Crippen molar-refractivity contribution in [1.82, 2.24) is 14.5 Å². The van der Waals surface area contributed by atoms with Crippen LogP contribution in [-0.4, -0.2) is 28.8 Å². The van der Waals surface area contributed by atoms with Crippen molar-refractivity contribution < 1.29 is 9.47 Å². The molecular weight excluding hydrogens is 428 g/mol. The number of methoxy groups -OCH3 is 2. The van der Waals surface area contributed by atoms with Crippen LogP contribution in [0.3, 0.4) is 0 Å². The van der Waals surface area contributed by atoms with Crippen molar-refractivity contribution in [2.45, 2.75) is 44.8 Å². The zero-order chi connectivity index (χ0) is 23.5. The Morgan fingerprint density at radius 3 is 2.00 bits per heavy atom. The highest BCUT2D eigenvalue weighted by Crippen LogP contribution is 2.33. The Hall–Kier alpha value is -3.74. The van der Waals surface area contributed by atoms with Crippen LogP contribution in [0.25, 0.3) is 11.0 Å². The summed E-state index contributed by atoms with van der Waals surface area (Å²) in [6.07, 6.45) is 6.24. The molecule has 5 rings (SSSR count). The molecule has 176 valence electrons. The van der Waals surface area contributed by atoms with Crippen molar-refractivity contribution in [3.8, 4) is 11.5 Å². The lowest BCUT2D eigenvalue weighted by molar-refractivity contribution is 0.414. The fourth-order valence-corrected chi connectivity index (χ4v) is 4.91. The van der Waals surface area contributed by atoms with Gasteiger partial charge in [-0.3, -0.25) is 4.57 Å². The number of anilines is 1. The van der Waals surface area contributed by atoms with Gasteiger partial charge < -0.3 is 19.4 Å². The average molecular weight is 459 g/mol. The number of benzene rings is 2. The number of aromatic nitrogens is 3. The van der Waals surface area contributed by atoms with Gasteiger partial charge in [0.25, 0.3) is 0 Å². The van der Waals surface area contributed by atoms with Crippen molar-refractivity contribution in [3.63, 3.8) is 0 Å². The van der Waals surface area contributed by atoms with Crippen LogP contribution in [0.15, 0.2) is 65.6 Å². The van der Waals surface area contributed by atoms with Gasteiger partial charge in [-0.25, -0.2) is 9.78 Å². The number of aromatic amines is 1. The van der Waals surface area contributed by atoms with Crippen LogP contribution in [0.1, 0.15) is 42.9 Å². The third kappa shape index (κ3) is 4.38. The molecule has 0 saturated heterocycles. The molecule has 1 saturated carbocycles. The minimum absolute atomic E-state index is 0.0509. The Bertz CT molecular complexity index is 1250. The minimum Gasteiger partial charge on any atom is -0.497 e. The topological polar surface area (TPSA) is 72.4 Å². The second kappa shape index (κ2) is 9.63. The Balaban J connectivity index is 1.55. The van der Waals surface area contributed by atoms with Crippen LogP contribution in [0.5, 0.6) is 11.5 Å². The number of nitrogens with one attached hydrogen (secondary N) is 1. The average Bonchev–Trinajstić information content (AvgIpc) is 3.51. The zero-order valence-corrected chi connectivity index (χ0v) is 19.7. The normalized spacial score (nSPS) is 13.9. The van der Waals surface area contributed by atoms with Crippen molar-refractivity contribution in [2.24, 2.45) is 0 Å². The molecule has 7 nitrogen and oxygen atoms in total. The summed E-state index contributed by atoms with van der Waals surface area (Å²) < 4.78 is 12.6. The van der Waals surface area contributed by atoms with Crippen LogP contribution in [-0.2, 0) is 13.1 Å². The van der Waals surface area contributed by atoms with E-state index in [2.05, 4.69) is 34.1 Å². The molecule has 0 amide bonds. The molecule has 1 aliphatic rings. The molecule has 0 unspecified atom stereocenters. The Kier molecular flexibility index (Phi) is 6.25. The predicted octanol–water partition coefficient (Wildman–Crippen LogP) is 5.06. The van der Waals surface area contributed by atoms with Gasteiger partial charge in [-0.05, 0) is 54.3 Å². The van der Waals surface area contributed by atoms with E-state index in [1.807, 2.05) is 41.1 Å². The van der Waals surface area contributed by atoms with Gasteiger partial charge in [0.1, 0.15) is 17.0 Å². The summed E-state index contributed by atoms with van der Waals surface area (Å²) in [4.78, 5) is 23.1. The maximum absolute atomic E-state index is 13.0. The number of imidazole rings is 1. The third-order valence-corrected chi connectivity index (χ3v) is 6.67. The molecule has 1 fully saturated rings. The summed E-state index contributed by atoms with van der Waals surface area (Å²) in [5.74, 6) is 2.42. The third-order valence-electron chi connectivity index (χ3n) is 6.67. The molecule has 2 aromatic heterocycles. The van der Waals surface area contributed by atoms with E-state index in [-0.39, 0.29) is 11.7 Å². The highest BCUT2D eigenvalue weighted by atomic mass is 16.5. The molecule has 0 radical (unpaired) electrons. The molecule has 2 aromatic carbocycles. The van der Waals surface area contributed by atoms with Gasteiger partial charge in [0.15, 0.2) is 5.82 Å². The lowest BCUT2D eigenvalue weighted by Crippen LogP contribution is -2.23. The molecule has 0 atom stereocenters. The highest BCUT2D eigenvalue weighted by Gasteiger charge is 2.24. The standard InChI is InChI=1S/C27H30N4O3/c1-33-22-11-7-19(8-12-22)17-30(18-20-9-13-23(34-2)14-10-20)26-25-24(15-16-28-26)31(27(32)29-25)21-5-3-4-6-21/h7-16,21H,3-6,17-18H2,1-2H3,(H,29,32). The summed E-state index contributed by atoms with van der Waals surface area (Å²) >= 11 is 0. The Morgan fingerprint density at radius 1 is 0.912 bits per heavy atom. The van der Waals surface area contributed by atoms with Gasteiger partial charge in [0.2, 0.25) is 0 Å². The Morgan fingerprint density at radius 2 is 1.47 bits per heavy atom. The van der Waals surface area contributed by atoms with Gasteiger partial charge in [0, 0.05) is 25.3 Å². The fourth-order valence-electron chi connectivity index (χ4n) is 4.91. The smallest absolute Gasteiger partial charge is 0.326 e. The summed E-state index contributed by atoms with van der Waals surface area (Å²) in [7, 11) is 3.34. The first-order valence-corrected chi connectivity index (χ1v) is 11.8. The SMILES string of the molecule is COc1ccc(CN(Cc2ccc(OC)cc2)c2nccc3c2[nH]c(=O)n3C2CCCC2)cc1. The number of ether oxygens (including phenoxy) is 2. The van der Waals surface area contributed by atoms with Crippen molar-refractivity contribution in [1.29, 1.82) is 0 Å². The maximum atomic E-state index is 13.0. The molecule has 2 heterocycles. The minimum atomic E-state index is -0.0509. The molecular formula is C27H30N4O3. The number of rotatable bonds is 8. The van der Waals surface area contributed by atoms with Gasteiger partial charge in [-0.1, -0.05) is 37.1 Å². The van der Waals surface area contributed by atoms with E-state index in [1.165, 1.54) is 12.8 Å². The molecule has 0 spiro atoms. The molecule has 0 bridgehead atoms. The van der Waals surface area contributed by atoms with Crippen LogP contribution < -0.4 is 20.1 Å². The number of pyridine rings is 1. The van der Waals surface area contributed by atoms with Crippen LogP contribution in [0.4, 0.5) is 5.82 Å². The number of nitrogens with zero attached hydrogens (tertiary/aromatic N) is 3. The first kappa shape index (κ1) is 22.1. The van der Waals surface area contributed by atoms with Crippen LogP contribution >= 0.6 is 0 Å². The van der Waals surface area contributed by atoms with Gasteiger partial charge in [-0.15, -0.1) is 0 Å². The number of hydrogen-bond acceptors (Lipinski definition) is 5. The van der Waals surface area contributed by atoms with E-state index in [0.717, 1.165) is 52.3 Å². The largest absolute Gasteiger partial charge is 0.497 e. The first-order valence-electron chi connectivity index (χ1n) is 11.8. The maximum Gasteiger partial charge on any atom is 0.326 e. The van der Waals surface area contributed by atoms with Crippen molar-refractivity contribution in [2.75, 3.05) is 19.1 Å². The zero-order valence-electron chi connectivity index (χ0n) is 19.7. The highest BCUT2D eigenvalue weighted by molar-refractivity contribution is 5.86. The second-order valence-electron chi connectivity index (χ2n) is 8.82. The predicted molar refractivity (Wildman–Crippen MR) is 134 cm³/mol. The first-order chi connectivity index (χ1) is 16.7. The summed E-state index contributed by atoms with van der Waals surface area (Å²) in [5.41, 5.74) is 3.93. The second-order valence-corrected chi connectivity index (χ2v) is 8.82. The van der Waals surface area contributed by atoms with Crippen molar-refractivity contribution >= 4 is 16.9 Å².